The number of likely N-dealkylation sites (tertiary alicyclic amines) is 1. The van der Waals surface area contributed by atoms with E-state index >= 15 is 0 Å². The van der Waals surface area contributed by atoms with E-state index in [2.05, 4.69) is 6.92 Å². The molecule has 1 N–H and O–H groups in total. The lowest BCUT2D eigenvalue weighted by Gasteiger charge is -2.16. The molecule has 92 valence electrons. The Morgan fingerprint density at radius 3 is 2.94 bits per heavy atom. The molecule has 1 heterocycles. The van der Waals surface area contributed by atoms with Crippen LogP contribution in [0, 0.1) is 9.49 Å². The van der Waals surface area contributed by atoms with Crippen LogP contribution in [0.25, 0.3) is 0 Å². The largest absolute Gasteiger partial charge is 0.507 e. The fraction of sp³-hybridized carbons (Fsp3) is 0.462. The lowest BCUT2D eigenvalue weighted by molar-refractivity contribution is 0.0786. The Hall–Kier alpha value is -0.780. The molecule has 0 bridgehead atoms. The molecule has 0 aliphatic carbocycles. The van der Waals surface area contributed by atoms with E-state index < -0.39 is 0 Å². The van der Waals surface area contributed by atoms with E-state index in [-0.39, 0.29) is 11.7 Å². The van der Waals surface area contributed by atoms with Crippen LogP contribution in [0.5, 0.6) is 5.75 Å². The number of hydrogen-bond donors (Lipinski definition) is 1. The van der Waals surface area contributed by atoms with Crippen LogP contribution in [0.1, 0.15) is 30.1 Å². The molecule has 1 atom stereocenters. The summed E-state index contributed by atoms with van der Waals surface area (Å²) in [5, 5.41) is 9.61. The maximum absolute atomic E-state index is 12.2. The smallest absolute Gasteiger partial charge is 0.253 e. The van der Waals surface area contributed by atoms with Crippen molar-refractivity contribution in [3.8, 4) is 5.75 Å². The quantitative estimate of drug-likeness (QED) is 0.838. The number of phenols is 1. The van der Waals surface area contributed by atoms with Crippen LogP contribution in [-0.4, -0.2) is 29.0 Å². The van der Waals surface area contributed by atoms with E-state index in [1.165, 1.54) is 0 Å². The van der Waals surface area contributed by atoms with Gasteiger partial charge >= 0.3 is 0 Å². The van der Waals surface area contributed by atoms with Crippen LogP contribution in [-0.2, 0) is 0 Å². The lowest BCUT2D eigenvalue weighted by Crippen LogP contribution is -2.28. The summed E-state index contributed by atoms with van der Waals surface area (Å²) < 4.78 is 0.770. The molecule has 4 heteroatoms. The molecular weight excluding hydrogens is 329 g/mol. The Labute approximate surface area is 115 Å². The van der Waals surface area contributed by atoms with Gasteiger partial charge in [-0.15, -0.1) is 0 Å². The minimum atomic E-state index is 0.0349. The number of amides is 1. The summed E-state index contributed by atoms with van der Waals surface area (Å²) in [6, 6.07) is 5.11. The average Bonchev–Trinajstić information content (AvgIpc) is 2.80. The molecule has 17 heavy (non-hydrogen) atoms. The predicted molar refractivity (Wildman–Crippen MR) is 75.1 cm³/mol. The highest BCUT2D eigenvalue weighted by Gasteiger charge is 2.25. The number of carbonyl (C=O) groups excluding carboxylic acids is 1. The van der Waals surface area contributed by atoms with Gasteiger partial charge in [0.25, 0.3) is 5.91 Å². The number of rotatable bonds is 2. The van der Waals surface area contributed by atoms with E-state index in [1.54, 1.807) is 18.2 Å². The fourth-order valence-corrected chi connectivity index (χ4v) is 2.51. The van der Waals surface area contributed by atoms with Crippen molar-refractivity contribution in [2.75, 3.05) is 13.1 Å². The maximum Gasteiger partial charge on any atom is 0.253 e. The summed E-state index contributed by atoms with van der Waals surface area (Å²) >= 11 is 2.05. The van der Waals surface area contributed by atoms with Gasteiger partial charge in [-0.1, -0.05) is 13.3 Å². The van der Waals surface area contributed by atoms with E-state index in [9.17, 15) is 9.90 Å². The highest BCUT2D eigenvalue weighted by atomic mass is 127. The van der Waals surface area contributed by atoms with Gasteiger partial charge in [0.1, 0.15) is 5.75 Å². The maximum atomic E-state index is 12.2. The number of benzene rings is 1. The zero-order chi connectivity index (χ0) is 12.4. The number of nitrogens with zero attached hydrogens (tertiary/aromatic N) is 1. The summed E-state index contributed by atoms with van der Waals surface area (Å²) in [5.74, 6) is 0.853. The second-order valence-electron chi connectivity index (χ2n) is 4.48. The first-order valence-corrected chi connectivity index (χ1v) is 6.97. The summed E-state index contributed by atoms with van der Waals surface area (Å²) in [5.41, 5.74) is 0.583. The van der Waals surface area contributed by atoms with Gasteiger partial charge in [-0.05, 0) is 53.1 Å². The second kappa shape index (κ2) is 5.25. The molecular formula is C13H16INO2. The van der Waals surface area contributed by atoms with Crippen molar-refractivity contribution < 1.29 is 9.90 Å². The van der Waals surface area contributed by atoms with Crippen LogP contribution < -0.4 is 0 Å². The van der Waals surface area contributed by atoms with Crippen molar-refractivity contribution in [2.45, 2.75) is 19.8 Å². The van der Waals surface area contributed by atoms with Gasteiger partial charge < -0.3 is 10.0 Å². The van der Waals surface area contributed by atoms with Crippen LogP contribution in [0.4, 0.5) is 0 Å². The molecule has 1 unspecified atom stereocenters. The molecule has 1 aromatic rings. The number of aromatic hydroxyl groups is 1. The Bertz CT molecular complexity index is 433. The Morgan fingerprint density at radius 1 is 1.59 bits per heavy atom. The normalized spacial score (nSPS) is 19.6. The third-order valence-corrected chi connectivity index (χ3v) is 4.26. The number of halogens is 1. The summed E-state index contributed by atoms with van der Waals surface area (Å²) in [7, 11) is 0. The van der Waals surface area contributed by atoms with Gasteiger partial charge in [0.05, 0.1) is 3.57 Å². The van der Waals surface area contributed by atoms with Crippen molar-refractivity contribution in [1.82, 2.24) is 4.90 Å². The van der Waals surface area contributed by atoms with Crippen LogP contribution in [0.3, 0.4) is 0 Å². The standard InChI is InChI=1S/C13H16INO2/c1-2-9-5-6-15(8-9)13(17)10-3-4-11(14)12(16)7-10/h3-4,7,9,16H,2,5-6,8H2,1H3. The first-order valence-electron chi connectivity index (χ1n) is 5.89. The van der Waals surface area contributed by atoms with Crippen molar-refractivity contribution in [2.24, 2.45) is 5.92 Å². The van der Waals surface area contributed by atoms with E-state index in [1.807, 2.05) is 27.5 Å². The summed E-state index contributed by atoms with van der Waals surface area (Å²) in [6.45, 7) is 3.85. The molecule has 1 aliphatic rings. The van der Waals surface area contributed by atoms with Crippen LogP contribution >= 0.6 is 22.6 Å². The molecule has 0 aromatic heterocycles. The molecule has 1 aromatic carbocycles. The molecule has 0 saturated carbocycles. The summed E-state index contributed by atoms with van der Waals surface area (Å²) in [4.78, 5) is 14.1. The van der Waals surface area contributed by atoms with Crippen LogP contribution in [0.2, 0.25) is 0 Å². The van der Waals surface area contributed by atoms with Gasteiger partial charge in [0, 0.05) is 18.7 Å². The van der Waals surface area contributed by atoms with Crippen molar-refractivity contribution >= 4 is 28.5 Å². The molecule has 1 saturated heterocycles. The van der Waals surface area contributed by atoms with Gasteiger partial charge in [-0.2, -0.15) is 0 Å². The molecule has 0 radical (unpaired) electrons. The number of phenolic OH excluding ortho intramolecular Hbond substituents is 1. The van der Waals surface area contributed by atoms with Crippen molar-refractivity contribution in [3.05, 3.63) is 27.3 Å². The first-order chi connectivity index (χ1) is 8.11. The highest BCUT2D eigenvalue weighted by Crippen LogP contribution is 2.24. The van der Waals surface area contributed by atoms with Gasteiger partial charge in [-0.3, -0.25) is 4.79 Å². The monoisotopic (exact) mass is 345 g/mol. The Balaban J connectivity index is 2.12. The molecule has 1 fully saturated rings. The molecule has 1 aliphatic heterocycles. The number of hydrogen-bond acceptors (Lipinski definition) is 2. The third kappa shape index (κ3) is 2.73. The average molecular weight is 345 g/mol. The zero-order valence-corrected chi connectivity index (χ0v) is 12.0. The van der Waals surface area contributed by atoms with Crippen molar-refractivity contribution in [3.63, 3.8) is 0 Å². The van der Waals surface area contributed by atoms with Crippen LogP contribution in [0.15, 0.2) is 18.2 Å². The molecule has 1 amide bonds. The summed E-state index contributed by atoms with van der Waals surface area (Å²) in [6.07, 6.45) is 2.22. The van der Waals surface area contributed by atoms with E-state index in [0.717, 1.165) is 29.5 Å². The van der Waals surface area contributed by atoms with Crippen molar-refractivity contribution in [1.29, 1.82) is 0 Å². The SMILES string of the molecule is CCC1CCN(C(=O)c2ccc(I)c(O)c2)C1. The van der Waals surface area contributed by atoms with Gasteiger partial charge in [0.2, 0.25) is 0 Å². The minimum Gasteiger partial charge on any atom is -0.507 e. The minimum absolute atomic E-state index is 0.0349. The lowest BCUT2D eigenvalue weighted by atomic mass is 10.1. The first kappa shape index (κ1) is 12.7. The predicted octanol–water partition coefficient (Wildman–Crippen LogP) is 2.87. The highest BCUT2D eigenvalue weighted by molar-refractivity contribution is 14.1. The third-order valence-electron chi connectivity index (χ3n) is 3.34. The fourth-order valence-electron chi connectivity index (χ4n) is 2.18. The number of carbonyl (C=O) groups is 1. The second-order valence-corrected chi connectivity index (χ2v) is 5.64. The van der Waals surface area contributed by atoms with E-state index in [0.29, 0.717) is 11.5 Å². The molecule has 2 rings (SSSR count). The molecule has 0 spiro atoms. The topological polar surface area (TPSA) is 40.5 Å². The van der Waals surface area contributed by atoms with E-state index in [4.69, 9.17) is 0 Å². The molecule has 3 nitrogen and oxygen atoms in total. The van der Waals surface area contributed by atoms with Gasteiger partial charge in [-0.25, -0.2) is 0 Å². The van der Waals surface area contributed by atoms with Gasteiger partial charge in [0.15, 0.2) is 0 Å². The Kier molecular flexibility index (Phi) is 3.91. The Morgan fingerprint density at radius 2 is 2.35 bits per heavy atom. The zero-order valence-electron chi connectivity index (χ0n) is 9.82.